The van der Waals surface area contributed by atoms with Crippen molar-refractivity contribution >= 4 is 7.74 Å². The molecule has 1 aliphatic rings. The van der Waals surface area contributed by atoms with E-state index in [0.717, 1.165) is 19.3 Å². The average molecular weight is 324 g/mol. The van der Waals surface area contributed by atoms with Crippen molar-refractivity contribution in [3.63, 3.8) is 0 Å². The van der Waals surface area contributed by atoms with Crippen LogP contribution < -0.4 is 0 Å². The maximum absolute atomic E-state index is 6.29. The van der Waals surface area contributed by atoms with Gasteiger partial charge in [0.25, 0.3) is 0 Å². The second-order valence-electron chi connectivity index (χ2n) is 6.45. The molecule has 0 saturated carbocycles. The molecule has 0 spiro atoms. The fourth-order valence-electron chi connectivity index (χ4n) is 1.97. The molecule has 128 valence electrons. The third kappa shape index (κ3) is 3.95. The summed E-state index contributed by atoms with van der Waals surface area (Å²) in [6.45, 7) is 15.5. The van der Waals surface area contributed by atoms with E-state index in [-0.39, 0.29) is 0 Å². The molecule has 1 rings (SSSR count). The van der Waals surface area contributed by atoms with Gasteiger partial charge in [-0.3, -0.25) is 0 Å². The zero-order valence-corrected chi connectivity index (χ0v) is 15.6. The first-order valence-corrected chi connectivity index (χ1v) is 9.88. The third-order valence-corrected chi connectivity index (χ3v) is 7.04. The van der Waals surface area contributed by atoms with Crippen molar-refractivity contribution in [2.45, 2.75) is 78.9 Å². The Morgan fingerprint density at radius 3 is 1.19 bits per heavy atom. The van der Waals surface area contributed by atoms with Crippen LogP contribution in [0.25, 0.3) is 0 Å². The molecule has 0 aromatic heterocycles. The molecule has 1 aliphatic heterocycles. The normalized spacial score (nSPS) is 27.1. The van der Waals surface area contributed by atoms with Gasteiger partial charge in [-0.2, -0.15) is 0 Å². The molecule has 1 saturated heterocycles. The van der Waals surface area contributed by atoms with E-state index in [1.54, 1.807) is 0 Å². The van der Waals surface area contributed by atoms with Crippen LogP contribution in [0.1, 0.15) is 67.7 Å². The quantitative estimate of drug-likeness (QED) is 0.559. The summed E-state index contributed by atoms with van der Waals surface area (Å²) in [6.07, 6.45) is 2.53. The van der Waals surface area contributed by atoms with Crippen LogP contribution in [0, 0.1) is 0 Å². The minimum absolute atomic E-state index is 0.484. The fraction of sp³-hybridized carbons (Fsp3) is 1.00. The Kier molecular flexibility index (Phi) is 6.22. The molecule has 1 heterocycles. The first kappa shape index (κ1) is 19.3. The van der Waals surface area contributed by atoms with E-state index in [1.807, 2.05) is 48.5 Å². The van der Waals surface area contributed by atoms with Gasteiger partial charge in [-0.1, -0.05) is 0 Å². The Morgan fingerprint density at radius 2 is 0.952 bits per heavy atom. The zero-order valence-electron chi connectivity index (χ0n) is 14.7. The monoisotopic (exact) mass is 324 g/mol. The Morgan fingerprint density at radius 1 is 0.667 bits per heavy atom. The molecule has 0 amide bonds. The van der Waals surface area contributed by atoms with Gasteiger partial charge in [-0.05, 0) is 0 Å². The first-order chi connectivity index (χ1) is 9.66. The molecule has 0 aliphatic carbocycles. The van der Waals surface area contributed by atoms with Gasteiger partial charge in [0.05, 0.1) is 0 Å². The molecule has 6 heteroatoms. The van der Waals surface area contributed by atoms with Gasteiger partial charge in [0.1, 0.15) is 0 Å². The number of hydrogen-bond donors (Lipinski definition) is 0. The Hall–Kier alpha value is 0.230. The second kappa shape index (κ2) is 6.77. The Balaban J connectivity index is 3.19. The molecule has 0 unspecified atom stereocenters. The topological polar surface area (TPSA) is 46.2 Å². The van der Waals surface area contributed by atoms with Gasteiger partial charge in [-0.15, -0.1) is 0 Å². The van der Waals surface area contributed by atoms with E-state index in [4.69, 9.17) is 22.6 Å². The van der Waals surface area contributed by atoms with Gasteiger partial charge in [0.15, 0.2) is 0 Å². The van der Waals surface area contributed by atoms with Crippen LogP contribution in [0.3, 0.4) is 0 Å². The van der Waals surface area contributed by atoms with Crippen LogP contribution in [-0.2, 0) is 22.6 Å². The first-order valence-electron chi connectivity index (χ1n) is 8.06. The summed E-state index contributed by atoms with van der Waals surface area (Å²) in [4.78, 5) is 0. The van der Waals surface area contributed by atoms with Crippen molar-refractivity contribution in [3.05, 3.63) is 0 Å². The van der Waals surface area contributed by atoms with Crippen LogP contribution in [0.15, 0.2) is 0 Å². The molecule has 0 N–H and O–H groups in total. The Bertz CT molecular complexity index is 298. The van der Waals surface area contributed by atoms with Crippen molar-refractivity contribution in [2.24, 2.45) is 0 Å². The molecule has 0 aromatic carbocycles. The van der Waals surface area contributed by atoms with E-state index in [9.17, 15) is 0 Å². The summed E-state index contributed by atoms with van der Waals surface area (Å²) in [5, 5.41) is 0. The standard InChI is InChI=1S/C15H33O5P/c1-8-11-16-21(17-12-9-2,18-13-10-3)19-14(4,5)15(6,7)20-21/h8-13H2,1-7H3. The summed E-state index contributed by atoms with van der Waals surface area (Å²) in [5.41, 5.74) is -1.11. The van der Waals surface area contributed by atoms with Crippen LogP contribution in [0.5, 0.6) is 0 Å². The number of rotatable bonds is 9. The molecule has 0 atom stereocenters. The van der Waals surface area contributed by atoms with Crippen molar-refractivity contribution in [1.82, 2.24) is 0 Å². The van der Waals surface area contributed by atoms with Gasteiger partial charge in [0.2, 0.25) is 0 Å². The predicted molar refractivity (Wildman–Crippen MR) is 86.0 cm³/mol. The van der Waals surface area contributed by atoms with Gasteiger partial charge < -0.3 is 0 Å². The van der Waals surface area contributed by atoms with Gasteiger partial charge >= 0.3 is 129 Å². The van der Waals surface area contributed by atoms with Crippen molar-refractivity contribution < 1.29 is 22.6 Å². The van der Waals surface area contributed by atoms with Gasteiger partial charge in [-0.25, -0.2) is 0 Å². The number of hydrogen-bond acceptors (Lipinski definition) is 5. The summed E-state index contributed by atoms with van der Waals surface area (Å²) in [5.74, 6) is 0. The van der Waals surface area contributed by atoms with E-state index in [2.05, 4.69) is 0 Å². The van der Waals surface area contributed by atoms with E-state index >= 15 is 0 Å². The minimum atomic E-state index is -4.01. The molecular weight excluding hydrogens is 291 g/mol. The molecule has 21 heavy (non-hydrogen) atoms. The average Bonchev–Trinajstić information content (AvgIpc) is 2.56. The summed E-state index contributed by atoms with van der Waals surface area (Å²) < 4.78 is 30.7. The van der Waals surface area contributed by atoms with E-state index in [1.165, 1.54) is 0 Å². The van der Waals surface area contributed by atoms with Crippen molar-refractivity contribution in [3.8, 4) is 0 Å². The van der Waals surface area contributed by atoms with Crippen LogP contribution in [0.4, 0.5) is 0 Å². The SMILES string of the molecule is CCCOP1(OCCC)(OCCC)OC(C)(C)C(C)(C)O1. The molecule has 0 aromatic rings. The van der Waals surface area contributed by atoms with Crippen LogP contribution in [-0.4, -0.2) is 31.0 Å². The van der Waals surface area contributed by atoms with Gasteiger partial charge in [0, 0.05) is 0 Å². The summed E-state index contributed by atoms with van der Waals surface area (Å²) in [7, 11) is -4.01. The summed E-state index contributed by atoms with van der Waals surface area (Å²) in [6, 6.07) is 0. The predicted octanol–water partition coefficient (Wildman–Crippen LogP) is 5.00. The second-order valence-corrected chi connectivity index (χ2v) is 9.08. The Labute approximate surface area is 130 Å². The van der Waals surface area contributed by atoms with Crippen LogP contribution >= 0.6 is 7.74 Å². The molecule has 1 fully saturated rings. The van der Waals surface area contributed by atoms with Crippen LogP contribution in [0.2, 0.25) is 0 Å². The zero-order chi connectivity index (χ0) is 16.2. The van der Waals surface area contributed by atoms with Crippen molar-refractivity contribution in [2.75, 3.05) is 19.8 Å². The summed E-state index contributed by atoms with van der Waals surface area (Å²) >= 11 is 0. The molecule has 0 bridgehead atoms. The van der Waals surface area contributed by atoms with Crippen molar-refractivity contribution in [1.29, 1.82) is 0 Å². The maximum atomic E-state index is 6.29. The molecule has 5 nitrogen and oxygen atoms in total. The fourth-order valence-corrected chi connectivity index (χ4v) is 5.92. The van der Waals surface area contributed by atoms with E-state index in [0.29, 0.717) is 19.8 Å². The third-order valence-electron chi connectivity index (χ3n) is 3.72. The molecule has 0 radical (unpaired) electrons. The van der Waals surface area contributed by atoms with E-state index < -0.39 is 18.9 Å². The molecular formula is C15H33O5P.